The highest BCUT2D eigenvalue weighted by molar-refractivity contribution is 5.80. The van der Waals surface area contributed by atoms with Gasteiger partial charge in [0, 0.05) is 6.54 Å². The van der Waals surface area contributed by atoms with Gasteiger partial charge in [-0.15, -0.1) is 0 Å². The number of primary amides is 1. The molecule has 0 aromatic heterocycles. The van der Waals surface area contributed by atoms with Crippen LogP contribution in [0.15, 0.2) is 24.3 Å². The molecule has 0 saturated carbocycles. The molecule has 0 aliphatic carbocycles. The lowest BCUT2D eigenvalue weighted by molar-refractivity contribution is -0.137. The highest BCUT2D eigenvalue weighted by Crippen LogP contribution is 2.29. The average Bonchev–Trinajstić information content (AvgIpc) is 2.26. The first kappa shape index (κ1) is 16.5. The van der Waals surface area contributed by atoms with Crippen molar-refractivity contribution in [2.24, 2.45) is 11.1 Å². The molecular weight excluding hydrogens is 269 g/mol. The van der Waals surface area contributed by atoms with Gasteiger partial charge in [-0.1, -0.05) is 39.0 Å². The van der Waals surface area contributed by atoms with E-state index in [2.05, 4.69) is 5.32 Å². The lowest BCUT2D eigenvalue weighted by Gasteiger charge is -2.29. The van der Waals surface area contributed by atoms with Crippen LogP contribution in [0.3, 0.4) is 0 Å². The van der Waals surface area contributed by atoms with Gasteiger partial charge in [-0.2, -0.15) is 13.2 Å². The van der Waals surface area contributed by atoms with Crippen LogP contribution >= 0.6 is 0 Å². The molecule has 0 saturated heterocycles. The van der Waals surface area contributed by atoms with Crippen molar-refractivity contribution in [2.45, 2.75) is 39.5 Å². The van der Waals surface area contributed by atoms with Gasteiger partial charge in [0.05, 0.1) is 11.6 Å². The summed E-state index contributed by atoms with van der Waals surface area (Å²) in [5.41, 5.74) is 4.64. The summed E-state index contributed by atoms with van der Waals surface area (Å²) in [5, 5.41) is 2.91. The first-order valence-corrected chi connectivity index (χ1v) is 6.20. The molecule has 112 valence electrons. The molecule has 0 aliphatic heterocycles. The van der Waals surface area contributed by atoms with Gasteiger partial charge in [-0.3, -0.25) is 4.79 Å². The third kappa shape index (κ3) is 4.52. The Bertz CT molecular complexity index is 478. The van der Waals surface area contributed by atoms with E-state index < -0.39 is 29.1 Å². The number of rotatable bonds is 4. The summed E-state index contributed by atoms with van der Waals surface area (Å²) < 4.78 is 37.8. The molecule has 3 nitrogen and oxygen atoms in total. The fourth-order valence-electron chi connectivity index (χ4n) is 1.91. The second-order valence-corrected chi connectivity index (χ2v) is 5.78. The zero-order valence-corrected chi connectivity index (χ0v) is 11.7. The second kappa shape index (κ2) is 5.83. The fourth-order valence-corrected chi connectivity index (χ4v) is 1.91. The largest absolute Gasteiger partial charge is 0.416 e. The van der Waals surface area contributed by atoms with Gasteiger partial charge in [0.2, 0.25) is 5.91 Å². The normalized spacial score (nSPS) is 14.1. The molecule has 0 radical (unpaired) electrons. The zero-order chi connectivity index (χ0) is 15.6. The minimum absolute atomic E-state index is 0.148. The van der Waals surface area contributed by atoms with E-state index in [0.29, 0.717) is 5.56 Å². The lowest BCUT2D eigenvalue weighted by Crippen LogP contribution is -2.49. The maximum Gasteiger partial charge on any atom is 0.416 e. The zero-order valence-electron chi connectivity index (χ0n) is 11.7. The standard InChI is InChI=1S/C14H19F3N2O/c1-13(2,3)11(12(18)20)19-8-9-5-4-6-10(7-9)14(15,16)17/h4-7,11,19H,8H2,1-3H3,(H2,18,20). The van der Waals surface area contributed by atoms with Crippen LogP contribution in [0.5, 0.6) is 0 Å². The number of alkyl halides is 3. The Hall–Kier alpha value is -1.56. The van der Waals surface area contributed by atoms with Crippen LogP contribution < -0.4 is 11.1 Å². The predicted octanol–water partition coefficient (Wildman–Crippen LogP) is 2.70. The summed E-state index contributed by atoms with van der Waals surface area (Å²) in [4.78, 5) is 11.4. The van der Waals surface area contributed by atoms with Gasteiger partial charge in [-0.25, -0.2) is 0 Å². The van der Waals surface area contributed by atoms with Crippen molar-refractivity contribution in [2.75, 3.05) is 0 Å². The van der Waals surface area contributed by atoms with Crippen LogP contribution in [0.2, 0.25) is 0 Å². The summed E-state index contributed by atoms with van der Waals surface area (Å²) in [6, 6.07) is 4.38. The Balaban J connectivity index is 2.82. The number of nitrogens with one attached hydrogen (secondary N) is 1. The van der Waals surface area contributed by atoms with Crippen molar-refractivity contribution in [3.05, 3.63) is 35.4 Å². The van der Waals surface area contributed by atoms with Crippen molar-refractivity contribution in [3.8, 4) is 0 Å². The van der Waals surface area contributed by atoms with E-state index in [1.807, 2.05) is 20.8 Å². The quantitative estimate of drug-likeness (QED) is 0.895. The van der Waals surface area contributed by atoms with Crippen LogP contribution in [0, 0.1) is 5.41 Å². The average molecular weight is 288 g/mol. The molecule has 1 unspecified atom stereocenters. The second-order valence-electron chi connectivity index (χ2n) is 5.78. The van der Waals surface area contributed by atoms with Crippen LogP contribution in [0.1, 0.15) is 31.9 Å². The molecule has 0 heterocycles. The summed E-state index contributed by atoms with van der Waals surface area (Å²) in [6.07, 6.45) is -4.37. The summed E-state index contributed by atoms with van der Waals surface area (Å²) in [5.74, 6) is -0.524. The smallest absolute Gasteiger partial charge is 0.368 e. The van der Waals surface area contributed by atoms with Crippen LogP contribution in [-0.4, -0.2) is 11.9 Å². The molecule has 0 bridgehead atoms. The highest BCUT2D eigenvalue weighted by Gasteiger charge is 2.31. The van der Waals surface area contributed by atoms with Gasteiger partial charge in [0.1, 0.15) is 0 Å². The molecule has 1 atom stereocenters. The number of nitrogens with two attached hydrogens (primary N) is 1. The minimum Gasteiger partial charge on any atom is -0.368 e. The molecule has 6 heteroatoms. The van der Waals surface area contributed by atoms with Crippen molar-refractivity contribution in [3.63, 3.8) is 0 Å². The SMILES string of the molecule is CC(C)(C)C(NCc1cccc(C(F)(F)F)c1)C(N)=O. The Morgan fingerprint density at radius 2 is 1.90 bits per heavy atom. The van der Waals surface area contributed by atoms with E-state index in [1.54, 1.807) is 6.07 Å². The molecule has 1 aromatic carbocycles. The van der Waals surface area contributed by atoms with Gasteiger partial charge in [0.25, 0.3) is 0 Å². The Morgan fingerprint density at radius 3 is 2.35 bits per heavy atom. The number of benzene rings is 1. The topological polar surface area (TPSA) is 55.1 Å². The van der Waals surface area contributed by atoms with E-state index in [-0.39, 0.29) is 6.54 Å². The van der Waals surface area contributed by atoms with Crippen LogP contribution in [0.25, 0.3) is 0 Å². The van der Waals surface area contributed by atoms with Crippen molar-refractivity contribution < 1.29 is 18.0 Å². The van der Waals surface area contributed by atoms with E-state index in [4.69, 9.17) is 5.73 Å². The molecule has 1 amide bonds. The first-order chi connectivity index (χ1) is 9.01. The maximum absolute atomic E-state index is 12.6. The molecule has 0 aliphatic rings. The van der Waals surface area contributed by atoms with Crippen molar-refractivity contribution in [1.29, 1.82) is 0 Å². The van der Waals surface area contributed by atoms with Crippen LogP contribution in [-0.2, 0) is 17.5 Å². The maximum atomic E-state index is 12.6. The van der Waals surface area contributed by atoms with Gasteiger partial charge in [0.15, 0.2) is 0 Å². The molecule has 1 rings (SSSR count). The summed E-state index contributed by atoms with van der Waals surface area (Å²) in [7, 11) is 0. The van der Waals surface area contributed by atoms with Gasteiger partial charge in [-0.05, 0) is 17.0 Å². The summed E-state index contributed by atoms with van der Waals surface area (Å²) in [6.45, 7) is 5.65. The molecule has 0 fully saturated rings. The Labute approximate surface area is 116 Å². The number of hydrogen-bond acceptors (Lipinski definition) is 2. The first-order valence-electron chi connectivity index (χ1n) is 6.20. The summed E-state index contributed by atoms with van der Waals surface area (Å²) >= 11 is 0. The molecule has 3 N–H and O–H groups in total. The molecular formula is C14H19F3N2O. The molecule has 0 spiro atoms. The number of amides is 1. The third-order valence-corrected chi connectivity index (χ3v) is 2.92. The van der Waals surface area contributed by atoms with E-state index in [0.717, 1.165) is 12.1 Å². The fraction of sp³-hybridized carbons (Fsp3) is 0.500. The minimum atomic E-state index is -4.37. The van der Waals surface area contributed by atoms with Gasteiger partial charge < -0.3 is 11.1 Å². The lowest BCUT2D eigenvalue weighted by atomic mass is 9.86. The number of carbonyl (C=O) groups excluding carboxylic acids is 1. The Kier molecular flexibility index (Phi) is 4.81. The van der Waals surface area contributed by atoms with E-state index in [9.17, 15) is 18.0 Å². The van der Waals surface area contributed by atoms with E-state index in [1.165, 1.54) is 6.07 Å². The van der Waals surface area contributed by atoms with Crippen LogP contribution in [0.4, 0.5) is 13.2 Å². The van der Waals surface area contributed by atoms with Crippen molar-refractivity contribution >= 4 is 5.91 Å². The third-order valence-electron chi connectivity index (χ3n) is 2.92. The monoisotopic (exact) mass is 288 g/mol. The number of hydrogen-bond donors (Lipinski definition) is 2. The number of halogens is 3. The molecule has 20 heavy (non-hydrogen) atoms. The van der Waals surface area contributed by atoms with E-state index >= 15 is 0 Å². The highest BCUT2D eigenvalue weighted by atomic mass is 19.4. The number of carbonyl (C=O) groups is 1. The van der Waals surface area contributed by atoms with Crippen molar-refractivity contribution in [1.82, 2.24) is 5.32 Å². The Morgan fingerprint density at radius 1 is 1.30 bits per heavy atom. The molecule has 1 aromatic rings. The predicted molar refractivity (Wildman–Crippen MR) is 70.7 cm³/mol. The van der Waals surface area contributed by atoms with Gasteiger partial charge >= 0.3 is 6.18 Å².